The number of aliphatic imine (C=N–C) groups is 1. The number of nitrogens with zero attached hydrogens (tertiary/aromatic N) is 2. The molecule has 122 valence electrons. The number of hydrogen-bond donors (Lipinski definition) is 0. The van der Waals surface area contributed by atoms with E-state index in [1.807, 2.05) is 36.5 Å². The summed E-state index contributed by atoms with van der Waals surface area (Å²) >= 11 is 5.93. The molecule has 0 amide bonds. The van der Waals surface area contributed by atoms with Gasteiger partial charge in [0.2, 0.25) is 0 Å². The summed E-state index contributed by atoms with van der Waals surface area (Å²) in [5.74, 6) is 0. The smallest absolute Gasteiger partial charge is 0.0630 e. The van der Waals surface area contributed by atoms with Crippen LogP contribution < -0.4 is 0 Å². The van der Waals surface area contributed by atoms with Crippen molar-refractivity contribution in [3.8, 4) is 0 Å². The summed E-state index contributed by atoms with van der Waals surface area (Å²) in [5.41, 5.74) is 4.50. The first kappa shape index (κ1) is 15.7. The summed E-state index contributed by atoms with van der Waals surface area (Å²) in [6, 6.07) is 26.5. The summed E-state index contributed by atoms with van der Waals surface area (Å²) in [7, 11) is 0. The molecule has 0 spiro atoms. The predicted octanol–water partition coefficient (Wildman–Crippen LogP) is 6.09. The maximum absolute atomic E-state index is 5.93. The van der Waals surface area contributed by atoms with E-state index in [9.17, 15) is 0 Å². The Morgan fingerprint density at radius 3 is 2.36 bits per heavy atom. The molecule has 0 aliphatic rings. The van der Waals surface area contributed by atoms with Crippen LogP contribution in [0.2, 0.25) is 5.02 Å². The molecule has 0 radical (unpaired) electrons. The van der Waals surface area contributed by atoms with Crippen molar-refractivity contribution in [1.29, 1.82) is 0 Å². The molecule has 0 fully saturated rings. The van der Waals surface area contributed by atoms with Crippen LogP contribution in [-0.2, 0) is 6.54 Å². The van der Waals surface area contributed by atoms with Gasteiger partial charge in [0.1, 0.15) is 0 Å². The Balaban J connectivity index is 1.70. The van der Waals surface area contributed by atoms with Crippen LogP contribution in [-0.4, -0.2) is 10.8 Å². The number of aromatic nitrogens is 1. The summed E-state index contributed by atoms with van der Waals surface area (Å²) in [5, 5.41) is 1.93. The Kier molecular flexibility index (Phi) is 4.36. The number of fused-ring (bicyclic) bond motifs is 1. The van der Waals surface area contributed by atoms with Crippen molar-refractivity contribution in [3.63, 3.8) is 0 Å². The minimum absolute atomic E-state index is 0.721. The second-order valence-corrected chi connectivity index (χ2v) is 6.39. The van der Waals surface area contributed by atoms with Crippen molar-refractivity contribution in [2.24, 2.45) is 4.99 Å². The average molecular weight is 345 g/mol. The van der Waals surface area contributed by atoms with Gasteiger partial charge in [-0.2, -0.15) is 0 Å². The highest BCUT2D eigenvalue weighted by Crippen LogP contribution is 2.22. The Labute approximate surface area is 152 Å². The van der Waals surface area contributed by atoms with Gasteiger partial charge < -0.3 is 4.57 Å². The second kappa shape index (κ2) is 6.96. The number of halogens is 1. The second-order valence-electron chi connectivity index (χ2n) is 5.95. The molecule has 3 aromatic carbocycles. The molecule has 0 unspecified atom stereocenters. The summed E-state index contributed by atoms with van der Waals surface area (Å²) in [4.78, 5) is 4.59. The summed E-state index contributed by atoms with van der Waals surface area (Å²) in [6.07, 6.45) is 4.09. The fraction of sp³-hybridized carbons (Fsp3) is 0.0455. The van der Waals surface area contributed by atoms with E-state index >= 15 is 0 Å². The molecule has 1 aromatic heterocycles. The van der Waals surface area contributed by atoms with Gasteiger partial charge in [-0.1, -0.05) is 60.1 Å². The molecule has 0 aliphatic heterocycles. The highest BCUT2D eigenvalue weighted by molar-refractivity contribution is 6.30. The number of rotatable bonds is 4. The van der Waals surface area contributed by atoms with E-state index in [2.05, 4.69) is 64.3 Å². The summed E-state index contributed by atoms with van der Waals surface area (Å²) in [6.45, 7) is 0.843. The molecule has 1 heterocycles. The van der Waals surface area contributed by atoms with E-state index in [4.69, 9.17) is 11.6 Å². The molecule has 2 nitrogen and oxygen atoms in total. The van der Waals surface area contributed by atoms with Gasteiger partial charge in [0, 0.05) is 40.4 Å². The third-order valence-electron chi connectivity index (χ3n) is 4.19. The maximum atomic E-state index is 5.93. The van der Waals surface area contributed by atoms with Crippen LogP contribution in [0.3, 0.4) is 0 Å². The van der Waals surface area contributed by atoms with Gasteiger partial charge in [0.25, 0.3) is 0 Å². The van der Waals surface area contributed by atoms with Crippen molar-refractivity contribution in [1.82, 2.24) is 4.57 Å². The van der Waals surface area contributed by atoms with Gasteiger partial charge in [-0.15, -0.1) is 0 Å². The largest absolute Gasteiger partial charge is 0.342 e. The molecule has 3 heteroatoms. The third kappa shape index (κ3) is 3.49. The molecule has 4 rings (SSSR count). The van der Waals surface area contributed by atoms with Gasteiger partial charge >= 0.3 is 0 Å². The average Bonchev–Trinajstić information content (AvgIpc) is 3.00. The van der Waals surface area contributed by atoms with E-state index in [-0.39, 0.29) is 0 Å². The van der Waals surface area contributed by atoms with E-state index < -0.39 is 0 Å². The van der Waals surface area contributed by atoms with E-state index in [0.717, 1.165) is 22.8 Å². The fourth-order valence-corrected chi connectivity index (χ4v) is 3.09. The standard InChI is InChI=1S/C22H17ClN2/c23-19-10-12-20(13-11-19)24-14-18-16-25(15-17-6-2-1-3-7-17)22-9-5-4-8-21(18)22/h1-14,16H,15H2. The van der Waals surface area contributed by atoms with Crippen molar-refractivity contribution in [2.75, 3.05) is 0 Å². The normalized spacial score (nSPS) is 11.4. The van der Waals surface area contributed by atoms with Crippen molar-refractivity contribution in [2.45, 2.75) is 6.54 Å². The molecular formula is C22H17ClN2. The SMILES string of the molecule is Clc1ccc(N=Cc2cn(Cc3ccccc3)c3ccccc23)cc1. The molecule has 25 heavy (non-hydrogen) atoms. The first-order valence-electron chi connectivity index (χ1n) is 8.21. The van der Waals surface area contributed by atoms with Crippen LogP contribution in [0.5, 0.6) is 0 Å². The Hall–Kier alpha value is -2.84. The lowest BCUT2D eigenvalue weighted by Crippen LogP contribution is -1.97. The predicted molar refractivity (Wildman–Crippen MR) is 106 cm³/mol. The lowest BCUT2D eigenvalue weighted by Gasteiger charge is -2.05. The zero-order valence-electron chi connectivity index (χ0n) is 13.6. The van der Waals surface area contributed by atoms with Crippen LogP contribution >= 0.6 is 11.6 Å². The minimum Gasteiger partial charge on any atom is -0.342 e. The van der Waals surface area contributed by atoms with Crippen molar-refractivity contribution in [3.05, 3.63) is 101 Å². The Morgan fingerprint density at radius 1 is 0.840 bits per heavy atom. The zero-order valence-corrected chi connectivity index (χ0v) is 14.4. The molecular weight excluding hydrogens is 328 g/mol. The molecule has 0 saturated carbocycles. The van der Waals surface area contributed by atoms with Crippen LogP contribution in [0.15, 0.2) is 90.1 Å². The van der Waals surface area contributed by atoms with Gasteiger partial charge in [-0.05, 0) is 35.9 Å². The number of hydrogen-bond acceptors (Lipinski definition) is 1. The highest BCUT2D eigenvalue weighted by atomic mass is 35.5. The Morgan fingerprint density at radius 2 is 1.56 bits per heavy atom. The van der Waals surface area contributed by atoms with E-state index in [1.165, 1.54) is 16.5 Å². The lowest BCUT2D eigenvalue weighted by molar-refractivity contribution is 0.836. The van der Waals surface area contributed by atoms with Crippen LogP contribution in [0.4, 0.5) is 5.69 Å². The zero-order chi connectivity index (χ0) is 17.1. The summed E-state index contributed by atoms with van der Waals surface area (Å²) < 4.78 is 2.27. The van der Waals surface area contributed by atoms with Gasteiger partial charge in [-0.25, -0.2) is 0 Å². The maximum Gasteiger partial charge on any atom is 0.0630 e. The molecule has 4 aromatic rings. The topological polar surface area (TPSA) is 17.3 Å². The first-order valence-corrected chi connectivity index (χ1v) is 8.59. The number of benzene rings is 3. The molecule has 0 atom stereocenters. The molecule has 0 N–H and O–H groups in total. The van der Waals surface area contributed by atoms with Crippen LogP contribution in [0.25, 0.3) is 10.9 Å². The van der Waals surface area contributed by atoms with Crippen LogP contribution in [0.1, 0.15) is 11.1 Å². The quantitative estimate of drug-likeness (QED) is 0.398. The van der Waals surface area contributed by atoms with E-state index in [0.29, 0.717) is 0 Å². The van der Waals surface area contributed by atoms with Gasteiger partial charge in [0.15, 0.2) is 0 Å². The Bertz CT molecular complexity index is 1020. The fourth-order valence-electron chi connectivity index (χ4n) is 2.96. The third-order valence-corrected chi connectivity index (χ3v) is 4.45. The van der Waals surface area contributed by atoms with Gasteiger partial charge in [-0.3, -0.25) is 4.99 Å². The molecule has 0 bridgehead atoms. The van der Waals surface area contributed by atoms with E-state index in [1.54, 1.807) is 0 Å². The first-order chi connectivity index (χ1) is 12.3. The highest BCUT2D eigenvalue weighted by Gasteiger charge is 2.07. The minimum atomic E-state index is 0.721. The van der Waals surface area contributed by atoms with Crippen LogP contribution in [0, 0.1) is 0 Å². The monoisotopic (exact) mass is 344 g/mol. The van der Waals surface area contributed by atoms with Gasteiger partial charge in [0.05, 0.1) is 5.69 Å². The van der Waals surface area contributed by atoms with Crippen molar-refractivity contribution >= 4 is 34.4 Å². The number of para-hydroxylation sites is 1. The molecule has 0 saturated heterocycles. The molecule has 0 aliphatic carbocycles. The van der Waals surface area contributed by atoms with Crippen molar-refractivity contribution < 1.29 is 0 Å². The lowest BCUT2D eigenvalue weighted by atomic mass is 10.2.